The minimum Gasteiger partial charge on any atom is -0.478 e. The second-order valence-electron chi connectivity index (χ2n) is 5.72. The summed E-state index contributed by atoms with van der Waals surface area (Å²) in [6.45, 7) is 5.53. The van der Waals surface area contributed by atoms with Gasteiger partial charge in [0.05, 0.1) is 0 Å². The fourth-order valence-corrected chi connectivity index (χ4v) is 2.96. The molecule has 1 aliphatic heterocycles. The predicted molar refractivity (Wildman–Crippen MR) is 81.4 cm³/mol. The van der Waals surface area contributed by atoms with Crippen molar-refractivity contribution in [1.82, 2.24) is 4.90 Å². The molecule has 20 heavy (non-hydrogen) atoms. The van der Waals surface area contributed by atoms with Crippen LogP contribution in [0.1, 0.15) is 44.2 Å². The van der Waals surface area contributed by atoms with Crippen molar-refractivity contribution >= 4 is 12.0 Å². The first kappa shape index (κ1) is 14.8. The second-order valence-corrected chi connectivity index (χ2v) is 5.72. The molecule has 3 nitrogen and oxygen atoms in total. The Morgan fingerprint density at radius 1 is 1.35 bits per heavy atom. The van der Waals surface area contributed by atoms with Gasteiger partial charge in [-0.15, -0.1) is 0 Å². The summed E-state index contributed by atoms with van der Waals surface area (Å²) in [6.07, 6.45) is 6.69. The molecular formula is C17H23NO2. The zero-order valence-electron chi connectivity index (χ0n) is 12.2. The smallest absolute Gasteiger partial charge is 0.328 e. The number of nitrogens with zero attached hydrogens (tertiary/aromatic N) is 1. The third-order valence-corrected chi connectivity index (χ3v) is 4.11. The Morgan fingerprint density at radius 2 is 2.05 bits per heavy atom. The van der Waals surface area contributed by atoms with E-state index >= 15 is 0 Å². The average Bonchev–Trinajstić information content (AvgIpc) is 2.41. The molecule has 0 spiro atoms. The van der Waals surface area contributed by atoms with Crippen molar-refractivity contribution in [2.75, 3.05) is 0 Å². The van der Waals surface area contributed by atoms with Crippen LogP contribution in [0.15, 0.2) is 30.3 Å². The van der Waals surface area contributed by atoms with E-state index < -0.39 is 5.97 Å². The quantitative estimate of drug-likeness (QED) is 0.853. The van der Waals surface area contributed by atoms with Gasteiger partial charge < -0.3 is 5.11 Å². The van der Waals surface area contributed by atoms with E-state index in [1.165, 1.54) is 30.9 Å². The molecular weight excluding hydrogens is 250 g/mol. The minimum atomic E-state index is -0.909. The highest BCUT2D eigenvalue weighted by Crippen LogP contribution is 2.24. The van der Waals surface area contributed by atoms with Gasteiger partial charge in [-0.1, -0.05) is 30.7 Å². The lowest BCUT2D eigenvalue weighted by Crippen LogP contribution is -2.42. The van der Waals surface area contributed by atoms with Crippen LogP contribution >= 0.6 is 0 Å². The van der Waals surface area contributed by atoms with Crippen molar-refractivity contribution < 1.29 is 9.90 Å². The molecule has 0 aliphatic carbocycles. The van der Waals surface area contributed by atoms with Gasteiger partial charge in [0, 0.05) is 24.7 Å². The van der Waals surface area contributed by atoms with Crippen molar-refractivity contribution in [3.8, 4) is 0 Å². The third-order valence-electron chi connectivity index (χ3n) is 4.11. The number of hydrogen-bond acceptors (Lipinski definition) is 2. The number of hydrogen-bond donors (Lipinski definition) is 1. The zero-order chi connectivity index (χ0) is 14.5. The number of piperidine rings is 1. The highest BCUT2D eigenvalue weighted by atomic mass is 16.4. The van der Waals surface area contributed by atoms with Gasteiger partial charge >= 0.3 is 5.97 Å². The van der Waals surface area contributed by atoms with Crippen molar-refractivity contribution in [2.24, 2.45) is 0 Å². The van der Waals surface area contributed by atoms with Gasteiger partial charge in [0.1, 0.15) is 0 Å². The Kier molecular flexibility index (Phi) is 4.96. The molecule has 2 atom stereocenters. The number of benzene rings is 1. The maximum absolute atomic E-state index is 10.6. The normalized spacial score (nSPS) is 24.1. The van der Waals surface area contributed by atoms with Crippen LogP contribution in [0.3, 0.4) is 0 Å². The summed E-state index contributed by atoms with van der Waals surface area (Å²) in [5, 5.41) is 8.68. The number of likely N-dealkylation sites (tertiary alicyclic amines) is 1. The summed E-state index contributed by atoms with van der Waals surface area (Å²) < 4.78 is 0. The molecule has 0 bridgehead atoms. The summed E-state index contributed by atoms with van der Waals surface area (Å²) in [5.74, 6) is -0.909. The molecule has 1 N–H and O–H groups in total. The molecule has 0 saturated carbocycles. The van der Waals surface area contributed by atoms with Crippen LogP contribution in [0.4, 0.5) is 0 Å². The van der Waals surface area contributed by atoms with Crippen LogP contribution in [0.25, 0.3) is 6.08 Å². The second kappa shape index (κ2) is 6.71. The maximum Gasteiger partial charge on any atom is 0.328 e. The standard InChI is InChI=1S/C17H23NO2/c1-13-5-3-6-14(2)18(13)12-16-8-4-7-15(11-16)9-10-17(19)20/h4,7-11,13-14H,3,5-6,12H2,1-2H3,(H,19,20)/b10-9+/t13-,14+. The number of carboxylic acid groups (broad SMARTS) is 1. The Hall–Kier alpha value is -1.61. The Bertz CT molecular complexity index is 486. The lowest BCUT2D eigenvalue weighted by atomic mass is 9.96. The lowest BCUT2D eigenvalue weighted by Gasteiger charge is -2.39. The van der Waals surface area contributed by atoms with Crippen molar-refractivity contribution in [1.29, 1.82) is 0 Å². The SMILES string of the molecule is C[C@@H]1CCC[C@H](C)N1Cc1cccc(/C=C/C(=O)O)c1. The highest BCUT2D eigenvalue weighted by Gasteiger charge is 2.24. The Morgan fingerprint density at radius 3 is 2.70 bits per heavy atom. The molecule has 0 unspecified atom stereocenters. The van der Waals surface area contributed by atoms with Gasteiger partial charge in [-0.3, -0.25) is 4.90 Å². The molecule has 108 valence electrons. The van der Waals surface area contributed by atoms with Crippen LogP contribution in [-0.4, -0.2) is 28.1 Å². The molecule has 0 aromatic heterocycles. The van der Waals surface area contributed by atoms with Crippen LogP contribution in [0.2, 0.25) is 0 Å². The maximum atomic E-state index is 10.6. The monoisotopic (exact) mass is 273 g/mol. The fraction of sp³-hybridized carbons (Fsp3) is 0.471. The molecule has 0 radical (unpaired) electrons. The van der Waals surface area contributed by atoms with Gasteiger partial charge in [0.15, 0.2) is 0 Å². The molecule has 1 fully saturated rings. The van der Waals surface area contributed by atoms with Gasteiger partial charge in [0.2, 0.25) is 0 Å². The molecule has 1 aliphatic rings. The number of rotatable bonds is 4. The van der Waals surface area contributed by atoms with E-state index in [2.05, 4.69) is 30.9 Å². The highest BCUT2D eigenvalue weighted by molar-refractivity contribution is 5.85. The largest absolute Gasteiger partial charge is 0.478 e. The van der Waals surface area contributed by atoms with Gasteiger partial charge in [-0.25, -0.2) is 4.79 Å². The number of aliphatic carboxylic acids is 1. The van der Waals surface area contributed by atoms with E-state index in [1.54, 1.807) is 6.08 Å². The van der Waals surface area contributed by atoms with Crippen LogP contribution in [0, 0.1) is 0 Å². The Labute approximate surface area is 120 Å². The van der Waals surface area contributed by atoms with Crippen LogP contribution in [0.5, 0.6) is 0 Å². The van der Waals surface area contributed by atoms with Crippen molar-refractivity contribution in [3.05, 3.63) is 41.5 Å². The first-order chi connectivity index (χ1) is 9.56. The first-order valence-corrected chi connectivity index (χ1v) is 7.32. The van der Waals surface area contributed by atoms with E-state index in [0.717, 1.165) is 12.1 Å². The molecule has 1 heterocycles. The van der Waals surface area contributed by atoms with Crippen molar-refractivity contribution in [3.63, 3.8) is 0 Å². The van der Waals surface area contributed by atoms with Crippen LogP contribution < -0.4 is 0 Å². The summed E-state index contributed by atoms with van der Waals surface area (Å²) in [4.78, 5) is 13.1. The molecule has 2 rings (SSSR count). The summed E-state index contributed by atoms with van der Waals surface area (Å²) in [7, 11) is 0. The van der Waals surface area contributed by atoms with E-state index in [-0.39, 0.29) is 0 Å². The van der Waals surface area contributed by atoms with E-state index in [0.29, 0.717) is 12.1 Å². The molecule has 1 aromatic rings. The van der Waals surface area contributed by atoms with Gasteiger partial charge in [0.25, 0.3) is 0 Å². The van der Waals surface area contributed by atoms with E-state index in [4.69, 9.17) is 5.11 Å². The van der Waals surface area contributed by atoms with Gasteiger partial charge in [-0.2, -0.15) is 0 Å². The first-order valence-electron chi connectivity index (χ1n) is 7.32. The number of carbonyl (C=O) groups is 1. The molecule has 3 heteroatoms. The molecule has 1 saturated heterocycles. The topological polar surface area (TPSA) is 40.5 Å². The zero-order valence-corrected chi connectivity index (χ0v) is 12.2. The van der Waals surface area contributed by atoms with E-state index in [1.807, 2.05) is 12.1 Å². The summed E-state index contributed by atoms with van der Waals surface area (Å²) in [5.41, 5.74) is 2.19. The van der Waals surface area contributed by atoms with Gasteiger partial charge in [-0.05, 0) is 43.9 Å². The summed E-state index contributed by atoms with van der Waals surface area (Å²) in [6, 6.07) is 9.37. The number of carboxylic acids is 1. The minimum absolute atomic E-state index is 0.622. The lowest BCUT2D eigenvalue weighted by molar-refractivity contribution is -0.131. The Balaban J connectivity index is 2.09. The predicted octanol–water partition coefficient (Wildman–Crippen LogP) is 3.55. The van der Waals surface area contributed by atoms with E-state index in [9.17, 15) is 4.79 Å². The van der Waals surface area contributed by atoms with Crippen LogP contribution in [-0.2, 0) is 11.3 Å². The summed E-state index contributed by atoms with van der Waals surface area (Å²) >= 11 is 0. The average molecular weight is 273 g/mol. The van der Waals surface area contributed by atoms with Crippen molar-refractivity contribution in [2.45, 2.75) is 51.7 Å². The molecule has 0 amide bonds. The fourth-order valence-electron chi connectivity index (χ4n) is 2.96. The molecule has 1 aromatic carbocycles. The third kappa shape index (κ3) is 3.94.